The van der Waals surface area contributed by atoms with Crippen molar-refractivity contribution in [3.8, 4) is 5.75 Å². The van der Waals surface area contributed by atoms with Crippen LogP contribution in [0.2, 0.25) is 0 Å². The molecule has 0 radical (unpaired) electrons. The molecule has 1 aromatic rings. The van der Waals surface area contributed by atoms with Crippen LogP contribution in [0.4, 0.5) is 5.69 Å². The van der Waals surface area contributed by atoms with Gasteiger partial charge in [0.2, 0.25) is 17.7 Å². The second kappa shape index (κ2) is 12.3. The molecule has 4 aliphatic heterocycles. The number of anilines is 1. The van der Waals surface area contributed by atoms with Crippen molar-refractivity contribution in [2.75, 3.05) is 57.9 Å². The SMILES string of the molecule is CCOc1ccc(NC(=O)[C@@H]2[C@@H]3CC(C)C4(S3)C(C(=O)NCCN3CCOCC3)N([C@@H](CC)CO)C(=O)[C@H]24)cc1. The lowest BCUT2D eigenvalue weighted by molar-refractivity contribution is -0.142. The number of rotatable bonds is 11. The van der Waals surface area contributed by atoms with Crippen molar-refractivity contribution >= 4 is 35.2 Å². The molecule has 4 saturated heterocycles. The van der Waals surface area contributed by atoms with Crippen molar-refractivity contribution in [2.24, 2.45) is 17.8 Å². The molecule has 4 heterocycles. The van der Waals surface area contributed by atoms with Gasteiger partial charge in [-0.15, -0.1) is 11.8 Å². The second-order valence-corrected chi connectivity index (χ2v) is 12.8. The van der Waals surface area contributed by atoms with E-state index in [0.717, 1.165) is 25.3 Å². The Morgan fingerprint density at radius 1 is 1.20 bits per heavy atom. The van der Waals surface area contributed by atoms with Gasteiger partial charge in [-0.2, -0.15) is 0 Å². The van der Waals surface area contributed by atoms with Crippen molar-refractivity contribution < 1.29 is 29.0 Å². The van der Waals surface area contributed by atoms with Gasteiger partial charge in [0.1, 0.15) is 11.8 Å². The van der Waals surface area contributed by atoms with Crippen LogP contribution >= 0.6 is 11.8 Å². The molecule has 1 spiro atoms. The maximum Gasteiger partial charge on any atom is 0.244 e. The molecule has 4 fully saturated rings. The predicted octanol–water partition coefficient (Wildman–Crippen LogP) is 1.58. The number of carbonyl (C=O) groups is 3. The molecule has 0 aromatic heterocycles. The molecule has 1 aromatic carbocycles. The molecule has 0 saturated carbocycles. The molecule has 7 atom stereocenters. The summed E-state index contributed by atoms with van der Waals surface area (Å²) in [7, 11) is 0. The van der Waals surface area contributed by atoms with Gasteiger partial charge in [-0.25, -0.2) is 0 Å². The number of ether oxygens (including phenoxy) is 2. The van der Waals surface area contributed by atoms with E-state index >= 15 is 0 Å². The summed E-state index contributed by atoms with van der Waals surface area (Å²) >= 11 is 1.64. The van der Waals surface area contributed by atoms with Crippen molar-refractivity contribution in [3.05, 3.63) is 24.3 Å². The first kappa shape index (κ1) is 29.2. The Kier molecular flexibility index (Phi) is 8.94. The van der Waals surface area contributed by atoms with Gasteiger partial charge < -0.3 is 30.1 Å². The van der Waals surface area contributed by atoms with E-state index in [4.69, 9.17) is 9.47 Å². The first-order chi connectivity index (χ1) is 19.3. The third kappa shape index (κ3) is 5.10. The summed E-state index contributed by atoms with van der Waals surface area (Å²) in [4.78, 5) is 45.8. The second-order valence-electron chi connectivity index (χ2n) is 11.2. The number of aliphatic hydroxyl groups is 1. The number of amides is 3. The van der Waals surface area contributed by atoms with E-state index in [0.29, 0.717) is 45.0 Å². The first-order valence-corrected chi connectivity index (χ1v) is 15.5. The Labute approximate surface area is 240 Å². The lowest BCUT2D eigenvalue weighted by atomic mass is 9.66. The highest BCUT2D eigenvalue weighted by Crippen LogP contribution is 2.68. The topological polar surface area (TPSA) is 120 Å². The summed E-state index contributed by atoms with van der Waals surface area (Å²) in [6.07, 6.45) is 1.28. The fourth-order valence-corrected chi connectivity index (χ4v) is 9.56. The van der Waals surface area contributed by atoms with Gasteiger partial charge in [0.25, 0.3) is 0 Å². The standard InChI is InChI=1S/C29H42N4O6S/c1-4-20(17-34)33-25(27(36)30-10-11-32-12-14-38-15-13-32)29-18(3)16-22(40-29)23(24(29)28(33)37)26(35)31-19-6-8-21(9-7-19)39-5-2/h6-9,18,20,22-25,34H,4-5,10-17H2,1-3H3,(H,30,36)(H,31,35)/t18?,20-,22-,23+,24-,25?,29?/m0/s1. The number of benzene rings is 1. The minimum Gasteiger partial charge on any atom is -0.494 e. The number of hydrogen-bond donors (Lipinski definition) is 3. The number of fused-ring (bicyclic) bond motifs is 1. The number of hydrogen-bond acceptors (Lipinski definition) is 8. The lowest BCUT2D eigenvalue weighted by Crippen LogP contribution is -2.59. The predicted molar refractivity (Wildman–Crippen MR) is 153 cm³/mol. The third-order valence-electron chi connectivity index (χ3n) is 9.07. The van der Waals surface area contributed by atoms with Gasteiger partial charge in [-0.1, -0.05) is 13.8 Å². The van der Waals surface area contributed by atoms with E-state index in [9.17, 15) is 19.5 Å². The average Bonchev–Trinajstić information content (AvgIpc) is 3.55. The number of thioether (sulfide) groups is 1. The lowest BCUT2D eigenvalue weighted by Gasteiger charge is -2.40. The summed E-state index contributed by atoms with van der Waals surface area (Å²) in [6.45, 7) is 10.5. The monoisotopic (exact) mass is 574 g/mol. The summed E-state index contributed by atoms with van der Waals surface area (Å²) in [6, 6.07) is 6.00. The number of nitrogens with one attached hydrogen (secondary N) is 2. The van der Waals surface area contributed by atoms with Gasteiger partial charge in [-0.3, -0.25) is 19.3 Å². The molecule has 4 aliphatic rings. The molecular formula is C29H42N4O6S. The van der Waals surface area contributed by atoms with E-state index in [1.807, 2.05) is 26.0 Å². The molecule has 2 bridgehead atoms. The Morgan fingerprint density at radius 3 is 2.58 bits per heavy atom. The zero-order chi connectivity index (χ0) is 28.4. The van der Waals surface area contributed by atoms with Crippen LogP contribution in [0.3, 0.4) is 0 Å². The van der Waals surface area contributed by atoms with Crippen molar-refractivity contribution in [1.29, 1.82) is 0 Å². The molecule has 3 amide bonds. The highest BCUT2D eigenvalue weighted by atomic mass is 32.2. The maximum absolute atomic E-state index is 14.2. The normalized spacial score (nSPS) is 32.1. The molecular weight excluding hydrogens is 532 g/mol. The van der Waals surface area contributed by atoms with Gasteiger partial charge in [0, 0.05) is 37.1 Å². The van der Waals surface area contributed by atoms with E-state index in [2.05, 4.69) is 22.5 Å². The highest BCUT2D eigenvalue weighted by Gasteiger charge is 2.76. The van der Waals surface area contributed by atoms with Crippen LogP contribution in [-0.2, 0) is 19.1 Å². The summed E-state index contributed by atoms with van der Waals surface area (Å²) in [5.74, 6) is -0.954. The zero-order valence-corrected chi connectivity index (χ0v) is 24.5. The fourth-order valence-electron chi connectivity index (χ4n) is 7.15. The van der Waals surface area contributed by atoms with Crippen LogP contribution in [0.25, 0.3) is 0 Å². The molecule has 40 heavy (non-hydrogen) atoms. The highest BCUT2D eigenvalue weighted by molar-refractivity contribution is 8.02. The quantitative estimate of drug-likeness (QED) is 0.365. The van der Waals surface area contributed by atoms with Crippen LogP contribution in [0.15, 0.2) is 24.3 Å². The smallest absolute Gasteiger partial charge is 0.244 e. The Morgan fingerprint density at radius 2 is 1.93 bits per heavy atom. The summed E-state index contributed by atoms with van der Waals surface area (Å²) in [5, 5.41) is 16.3. The summed E-state index contributed by atoms with van der Waals surface area (Å²) in [5.41, 5.74) is 0.643. The number of nitrogens with zero attached hydrogens (tertiary/aromatic N) is 2. The molecule has 5 rings (SSSR count). The number of aliphatic hydroxyl groups excluding tert-OH is 1. The van der Waals surface area contributed by atoms with Gasteiger partial charge in [-0.05, 0) is 49.9 Å². The van der Waals surface area contributed by atoms with Crippen molar-refractivity contribution in [1.82, 2.24) is 15.1 Å². The third-order valence-corrected chi connectivity index (χ3v) is 11.1. The summed E-state index contributed by atoms with van der Waals surface area (Å²) < 4.78 is 10.2. The minimum absolute atomic E-state index is 0.0494. The van der Waals surface area contributed by atoms with E-state index < -0.39 is 28.7 Å². The van der Waals surface area contributed by atoms with E-state index in [1.165, 1.54) is 0 Å². The molecule has 3 N–H and O–H groups in total. The van der Waals surface area contributed by atoms with Crippen LogP contribution in [0.1, 0.15) is 33.6 Å². The van der Waals surface area contributed by atoms with Crippen LogP contribution in [0.5, 0.6) is 5.75 Å². The molecule has 0 aliphatic carbocycles. The largest absolute Gasteiger partial charge is 0.494 e. The van der Waals surface area contributed by atoms with E-state index in [1.54, 1.807) is 28.8 Å². The molecule has 220 valence electrons. The van der Waals surface area contributed by atoms with Gasteiger partial charge in [0.05, 0.1) is 49.1 Å². The average molecular weight is 575 g/mol. The first-order valence-electron chi connectivity index (χ1n) is 14.6. The number of morpholine rings is 1. The minimum atomic E-state index is -0.736. The van der Waals surface area contributed by atoms with Gasteiger partial charge >= 0.3 is 0 Å². The van der Waals surface area contributed by atoms with Crippen LogP contribution in [0, 0.1) is 17.8 Å². The fraction of sp³-hybridized carbons (Fsp3) is 0.690. The zero-order valence-electron chi connectivity index (χ0n) is 23.6. The van der Waals surface area contributed by atoms with Crippen molar-refractivity contribution in [2.45, 2.75) is 55.7 Å². The Bertz CT molecular complexity index is 1080. The number of likely N-dealkylation sites (tertiary alicyclic amines) is 1. The molecule has 11 heteroatoms. The maximum atomic E-state index is 14.2. The number of carbonyl (C=O) groups excluding carboxylic acids is 3. The Hall–Kier alpha value is -2.34. The van der Waals surface area contributed by atoms with Crippen molar-refractivity contribution in [3.63, 3.8) is 0 Å². The molecule has 3 unspecified atom stereocenters. The van der Waals surface area contributed by atoms with Crippen LogP contribution < -0.4 is 15.4 Å². The Balaban J connectivity index is 1.38. The van der Waals surface area contributed by atoms with E-state index in [-0.39, 0.29) is 35.5 Å². The van der Waals surface area contributed by atoms with Gasteiger partial charge in [0.15, 0.2) is 0 Å². The van der Waals surface area contributed by atoms with Crippen LogP contribution in [-0.4, -0.2) is 107 Å². The molecule has 10 nitrogen and oxygen atoms in total.